The number of nitro groups is 1. The predicted octanol–water partition coefficient (Wildman–Crippen LogP) is 5.33. The first-order valence-corrected chi connectivity index (χ1v) is 11.4. The molecule has 0 unspecified atom stereocenters. The van der Waals surface area contributed by atoms with Crippen molar-refractivity contribution in [3.05, 3.63) is 124 Å². The highest BCUT2D eigenvalue weighted by Crippen LogP contribution is 2.24. The van der Waals surface area contributed by atoms with Crippen molar-refractivity contribution in [3.8, 4) is 17.3 Å². The van der Waals surface area contributed by atoms with Crippen molar-refractivity contribution in [2.45, 2.75) is 13.2 Å². The topological polar surface area (TPSA) is 125 Å². The van der Waals surface area contributed by atoms with E-state index in [0.717, 1.165) is 21.6 Å². The van der Waals surface area contributed by atoms with Crippen LogP contribution in [0.1, 0.15) is 21.5 Å². The molecule has 1 N–H and O–H groups in total. The number of furan rings is 1. The molecule has 0 radical (unpaired) electrons. The zero-order valence-electron chi connectivity index (χ0n) is 19.5. The first-order valence-electron chi connectivity index (χ1n) is 11.4. The Hall–Kier alpha value is -5.25. The molecule has 0 bridgehead atoms. The molecule has 184 valence electrons. The van der Waals surface area contributed by atoms with E-state index in [-0.39, 0.29) is 23.0 Å². The fourth-order valence-electron chi connectivity index (χ4n) is 3.63. The van der Waals surface area contributed by atoms with E-state index in [1.807, 2.05) is 54.6 Å². The molecule has 10 heteroatoms. The van der Waals surface area contributed by atoms with Crippen molar-refractivity contribution in [2.24, 2.45) is 0 Å². The van der Waals surface area contributed by atoms with E-state index in [4.69, 9.17) is 9.15 Å². The van der Waals surface area contributed by atoms with Gasteiger partial charge in [0.2, 0.25) is 11.8 Å². The number of rotatable bonds is 9. The maximum absolute atomic E-state index is 13.3. The van der Waals surface area contributed by atoms with Crippen LogP contribution in [-0.4, -0.2) is 25.6 Å². The Morgan fingerprint density at radius 1 is 0.946 bits per heavy atom. The number of hydrogen-bond donors (Lipinski definition) is 1. The van der Waals surface area contributed by atoms with Crippen LogP contribution in [0.4, 0.5) is 11.6 Å². The maximum atomic E-state index is 13.3. The molecule has 37 heavy (non-hydrogen) atoms. The van der Waals surface area contributed by atoms with Crippen LogP contribution >= 0.6 is 0 Å². The molecule has 5 rings (SSSR count). The second kappa shape index (κ2) is 10.6. The number of anilines is 1. The third kappa shape index (κ3) is 5.38. The van der Waals surface area contributed by atoms with Crippen molar-refractivity contribution in [3.63, 3.8) is 0 Å². The standard InChI is InChI=1S/C27H21N5O5/c33-26(22-9-4-5-10-23(22)32(34)35)31-27(29-25(30-31)24-11-6-16-36-24)28-17-19-12-14-21(15-13-19)37-18-20-7-2-1-3-8-20/h1-16H,17-18H2,(H,28,29,30). The highest BCUT2D eigenvalue weighted by molar-refractivity contribution is 6.00. The summed E-state index contributed by atoms with van der Waals surface area (Å²) in [6, 6.07) is 26.4. The van der Waals surface area contributed by atoms with Crippen molar-refractivity contribution in [1.29, 1.82) is 0 Å². The zero-order chi connectivity index (χ0) is 25.6. The summed E-state index contributed by atoms with van der Waals surface area (Å²) in [7, 11) is 0. The summed E-state index contributed by atoms with van der Waals surface area (Å²) in [5, 5.41) is 18.8. The summed E-state index contributed by atoms with van der Waals surface area (Å²) >= 11 is 0. The molecule has 0 aliphatic heterocycles. The summed E-state index contributed by atoms with van der Waals surface area (Å²) in [6.45, 7) is 0.782. The number of para-hydroxylation sites is 1. The number of benzene rings is 3. The van der Waals surface area contributed by atoms with Crippen molar-refractivity contribution >= 4 is 17.5 Å². The van der Waals surface area contributed by atoms with E-state index in [0.29, 0.717) is 18.9 Å². The molecule has 0 aliphatic rings. The van der Waals surface area contributed by atoms with Crippen LogP contribution in [0.5, 0.6) is 5.75 Å². The molecule has 0 atom stereocenters. The first-order chi connectivity index (χ1) is 18.1. The monoisotopic (exact) mass is 495 g/mol. The van der Waals surface area contributed by atoms with E-state index in [2.05, 4.69) is 15.4 Å². The van der Waals surface area contributed by atoms with E-state index < -0.39 is 10.8 Å². The molecule has 0 fully saturated rings. The molecule has 5 aromatic rings. The first kappa shape index (κ1) is 23.5. The molecule has 2 heterocycles. The molecule has 2 aromatic heterocycles. The number of hydrogen-bond acceptors (Lipinski definition) is 8. The van der Waals surface area contributed by atoms with Crippen molar-refractivity contribution < 1.29 is 18.9 Å². The summed E-state index contributed by atoms with van der Waals surface area (Å²) in [6.07, 6.45) is 1.47. The van der Waals surface area contributed by atoms with Crippen molar-refractivity contribution in [1.82, 2.24) is 14.8 Å². The van der Waals surface area contributed by atoms with Gasteiger partial charge in [0, 0.05) is 12.6 Å². The lowest BCUT2D eigenvalue weighted by Crippen LogP contribution is -2.18. The van der Waals surface area contributed by atoms with Crippen LogP contribution in [0.25, 0.3) is 11.6 Å². The quantitative estimate of drug-likeness (QED) is 0.215. The van der Waals surface area contributed by atoms with Crippen LogP contribution in [0.15, 0.2) is 102 Å². The normalized spacial score (nSPS) is 10.7. The van der Waals surface area contributed by atoms with Gasteiger partial charge in [-0.15, -0.1) is 5.10 Å². The number of carbonyl (C=O) groups is 1. The Balaban J connectivity index is 1.35. The Morgan fingerprint density at radius 2 is 1.70 bits per heavy atom. The van der Waals surface area contributed by atoms with Gasteiger partial charge in [0.05, 0.1) is 11.2 Å². The van der Waals surface area contributed by atoms with E-state index >= 15 is 0 Å². The molecular formula is C27H21N5O5. The minimum absolute atomic E-state index is 0.105. The SMILES string of the molecule is O=C(c1ccccc1[N+](=O)[O-])n1nc(-c2ccco2)nc1NCc1ccc(OCc2ccccc2)cc1. The fraction of sp³-hybridized carbons (Fsp3) is 0.0741. The van der Waals surface area contributed by atoms with Crippen LogP contribution < -0.4 is 10.1 Å². The molecule has 10 nitrogen and oxygen atoms in total. The van der Waals surface area contributed by atoms with Crippen LogP contribution in [-0.2, 0) is 13.2 Å². The molecule has 0 saturated carbocycles. The van der Waals surface area contributed by atoms with E-state index in [1.165, 1.54) is 24.5 Å². The lowest BCUT2D eigenvalue weighted by Gasteiger charge is -2.09. The third-order valence-electron chi connectivity index (χ3n) is 5.49. The number of aromatic nitrogens is 3. The van der Waals surface area contributed by atoms with E-state index in [9.17, 15) is 14.9 Å². The van der Waals surface area contributed by atoms with Gasteiger partial charge in [0.1, 0.15) is 17.9 Å². The van der Waals surface area contributed by atoms with Gasteiger partial charge in [-0.05, 0) is 41.5 Å². The largest absolute Gasteiger partial charge is 0.489 e. The van der Waals surface area contributed by atoms with E-state index in [1.54, 1.807) is 18.2 Å². The van der Waals surface area contributed by atoms with Crippen LogP contribution in [0.3, 0.4) is 0 Å². The predicted molar refractivity (Wildman–Crippen MR) is 135 cm³/mol. The fourth-order valence-corrected chi connectivity index (χ4v) is 3.63. The van der Waals surface area contributed by atoms with Crippen LogP contribution in [0, 0.1) is 10.1 Å². The van der Waals surface area contributed by atoms with Gasteiger partial charge in [-0.2, -0.15) is 9.67 Å². The Labute approximate surface area is 211 Å². The lowest BCUT2D eigenvalue weighted by molar-refractivity contribution is -0.385. The number of nitrogens with zero attached hydrogens (tertiary/aromatic N) is 4. The summed E-state index contributed by atoms with van der Waals surface area (Å²) in [5.74, 6) is 0.687. The molecule has 3 aromatic carbocycles. The van der Waals surface area contributed by atoms with Gasteiger partial charge in [0.25, 0.3) is 11.6 Å². The van der Waals surface area contributed by atoms with Crippen molar-refractivity contribution in [2.75, 3.05) is 5.32 Å². The van der Waals surface area contributed by atoms with Gasteiger partial charge in [0.15, 0.2) is 5.76 Å². The highest BCUT2D eigenvalue weighted by Gasteiger charge is 2.25. The van der Waals surface area contributed by atoms with Crippen LogP contribution in [0.2, 0.25) is 0 Å². The smallest absolute Gasteiger partial charge is 0.288 e. The second-order valence-electron chi connectivity index (χ2n) is 8.00. The third-order valence-corrected chi connectivity index (χ3v) is 5.49. The Bertz CT molecular complexity index is 1510. The average Bonchev–Trinajstić information content (AvgIpc) is 3.62. The molecular weight excluding hydrogens is 474 g/mol. The van der Waals surface area contributed by atoms with Gasteiger partial charge in [-0.25, -0.2) is 0 Å². The lowest BCUT2D eigenvalue weighted by atomic mass is 10.1. The zero-order valence-corrected chi connectivity index (χ0v) is 19.5. The number of ether oxygens (including phenoxy) is 1. The van der Waals surface area contributed by atoms with Gasteiger partial charge < -0.3 is 14.5 Å². The summed E-state index contributed by atoms with van der Waals surface area (Å²) in [5.41, 5.74) is 1.55. The molecule has 0 spiro atoms. The second-order valence-corrected chi connectivity index (χ2v) is 8.00. The van der Waals surface area contributed by atoms with Gasteiger partial charge in [-0.1, -0.05) is 54.6 Å². The van der Waals surface area contributed by atoms with Gasteiger partial charge >= 0.3 is 0 Å². The van der Waals surface area contributed by atoms with Gasteiger partial charge in [-0.3, -0.25) is 14.9 Å². The Morgan fingerprint density at radius 3 is 2.43 bits per heavy atom. The Kier molecular flexibility index (Phi) is 6.71. The number of carbonyl (C=O) groups excluding carboxylic acids is 1. The molecule has 0 saturated heterocycles. The summed E-state index contributed by atoms with van der Waals surface area (Å²) < 4.78 is 12.2. The molecule has 0 amide bonds. The number of nitro benzene ring substituents is 1. The highest BCUT2D eigenvalue weighted by atomic mass is 16.6. The minimum atomic E-state index is -0.690. The average molecular weight is 495 g/mol. The molecule has 0 aliphatic carbocycles. The summed E-state index contributed by atoms with van der Waals surface area (Å²) in [4.78, 5) is 28.6. The minimum Gasteiger partial charge on any atom is -0.489 e. The number of nitrogens with one attached hydrogen (secondary N) is 1. The maximum Gasteiger partial charge on any atom is 0.288 e.